The fraction of sp³-hybridized carbons (Fsp3) is 0.433. The van der Waals surface area contributed by atoms with E-state index in [4.69, 9.17) is 23.7 Å². The molecule has 2 aromatic carbocycles. The van der Waals surface area contributed by atoms with Crippen LogP contribution in [0.2, 0.25) is 0 Å². The zero-order valence-corrected chi connectivity index (χ0v) is 21.4. The van der Waals surface area contributed by atoms with E-state index in [2.05, 4.69) is 36.2 Å². The van der Waals surface area contributed by atoms with Crippen molar-refractivity contribution >= 4 is 0 Å². The summed E-state index contributed by atoms with van der Waals surface area (Å²) >= 11 is 0. The zero-order valence-electron chi connectivity index (χ0n) is 21.4. The van der Waals surface area contributed by atoms with Crippen molar-refractivity contribution in [1.29, 1.82) is 0 Å². The van der Waals surface area contributed by atoms with Crippen molar-refractivity contribution in [3.8, 4) is 17.4 Å². The Morgan fingerprint density at radius 1 is 0.833 bits per heavy atom. The Morgan fingerprint density at radius 3 is 2.31 bits per heavy atom. The van der Waals surface area contributed by atoms with Crippen LogP contribution < -0.4 is 14.2 Å². The van der Waals surface area contributed by atoms with E-state index in [9.17, 15) is 0 Å². The van der Waals surface area contributed by atoms with Crippen molar-refractivity contribution in [2.75, 3.05) is 20.3 Å². The number of aromatic nitrogens is 1. The lowest BCUT2D eigenvalue weighted by molar-refractivity contribution is -0.0121. The maximum absolute atomic E-state index is 6.09. The van der Waals surface area contributed by atoms with E-state index in [1.54, 1.807) is 7.11 Å². The summed E-state index contributed by atoms with van der Waals surface area (Å²) in [6.07, 6.45) is 5.66. The van der Waals surface area contributed by atoms with Crippen molar-refractivity contribution < 1.29 is 23.7 Å². The Kier molecular flexibility index (Phi) is 10.0. The SMILES string of the molecule is CCCc1ccc(COCc2cc(OCc3ccc(OC)cc3)cc(OCC3CCCCO3)n2)cc1. The first-order valence-electron chi connectivity index (χ1n) is 12.9. The van der Waals surface area contributed by atoms with Crippen LogP contribution in [0.3, 0.4) is 0 Å². The Balaban J connectivity index is 1.38. The third-order valence-electron chi connectivity index (χ3n) is 6.16. The first kappa shape index (κ1) is 26.0. The number of benzene rings is 2. The molecule has 1 atom stereocenters. The predicted molar refractivity (Wildman–Crippen MR) is 140 cm³/mol. The van der Waals surface area contributed by atoms with Gasteiger partial charge < -0.3 is 23.7 Å². The summed E-state index contributed by atoms with van der Waals surface area (Å²) in [6, 6.07) is 20.2. The van der Waals surface area contributed by atoms with Crippen LogP contribution in [-0.4, -0.2) is 31.4 Å². The van der Waals surface area contributed by atoms with Gasteiger partial charge >= 0.3 is 0 Å². The summed E-state index contributed by atoms with van der Waals surface area (Å²) in [5.74, 6) is 2.05. The minimum absolute atomic E-state index is 0.111. The van der Waals surface area contributed by atoms with Crippen LogP contribution in [0, 0.1) is 0 Å². The standard InChI is InChI=1S/C30H37NO5/c1-3-6-23-8-10-24(11-9-23)19-33-21-26-17-29(35-20-25-12-14-27(32-2)15-13-25)18-30(31-26)36-22-28-7-4-5-16-34-28/h8-15,17-18,28H,3-7,16,19-22H2,1-2H3. The van der Waals surface area contributed by atoms with E-state index in [0.29, 0.717) is 38.1 Å². The summed E-state index contributed by atoms with van der Waals surface area (Å²) in [4.78, 5) is 4.67. The molecule has 0 N–H and O–H groups in total. The van der Waals surface area contributed by atoms with Crippen molar-refractivity contribution in [2.45, 2.75) is 65.0 Å². The summed E-state index contributed by atoms with van der Waals surface area (Å²) in [5, 5.41) is 0. The first-order chi connectivity index (χ1) is 17.7. The number of methoxy groups -OCH3 is 1. The second-order valence-electron chi connectivity index (χ2n) is 9.13. The van der Waals surface area contributed by atoms with Crippen molar-refractivity contribution in [3.63, 3.8) is 0 Å². The molecule has 1 saturated heterocycles. The molecule has 1 aliphatic rings. The van der Waals surface area contributed by atoms with Gasteiger partial charge in [0.15, 0.2) is 0 Å². The van der Waals surface area contributed by atoms with Crippen LogP contribution in [0.1, 0.15) is 55.0 Å². The Bertz CT molecular complexity index is 1050. The molecule has 0 bridgehead atoms. The highest BCUT2D eigenvalue weighted by Crippen LogP contribution is 2.23. The van der Waals surface area contributed by atoms with E-state index >= 15 is 0 Å². The van der Waals surface area contributed by atoms with Gasteiger partial charge in [0.1, 0.15) is 24.7 Å². The number of ether oxygens (including phenoxy) is 5. The van der Waals surface area contributed by atoms with E-state index in [1.165, 1.54) is 12.0 Å². The molecule has 36 heavy (non-hydrogen) atoms. The smallest absolute Gasteiger partial charge is 0.217 e. The minimum atomic E-state index is 0.111. The first-order valence-corrected chi connectivity index (χ1v) is 12.9. The molecule has 6 nitrogen and oxygen atoms in total. The molecule has 1 fully saturated rings. The molecule has 1 aromatic heterocycles. The second kappa shape index (κ2) is 13.9. The molecule has 2 heterocycles. The number of rotatable bonds is 13. The lowest BCUT2D eigenvalue weighted by Gasteiger charge is -2.22. The van der Waals surface area contributed by atoms with E-state index in [0.717, 1.165) is 54.9 Å². The van der Waals surface area contributed by atoms with E-state index < -0.39 is 0 Å². The summed E-state index contributed by atoms with van der Waals surface area (Å²) < 4.78 is 29.1. The van der Waals surface area contributed by atoms with Gasteiger partial charge in [0.05, 0.1) is 32.1 Å². The molecular weight excluding hydrogens is 454 g/mol. The topological polar surface area (TPSA) is 59.0 Å². The van der Waals surface area contributed by atoms with E-state index in [1.807, 2.05) is 36.4 Å². The molecule has 1 unspecified atom stereocenters. The number of aryl methyl sites for hydroxylation is 1. The molecular formula is C30H37NO5. The second-order valence-corrected chi connectivity index (χ2v) is 9.13. The van der Waals surface area contributed by atoms with Gasteiger partial charge in [0.2, 0.25) is 5.88 Å². The molecule has 0 spiro atoms. The van der Waals surface area contributed by atoms with E-state index in [-0.39, 0.29) is 6.10 Å². The third kappa shape index (κ3) is 8.25. The molecule has 0 saturated carbocycles. The maximum Gasteiger partial charge on any atom is 0.217 e. The zero-order chi connectivity index (χ0) is 25.0. The number of nitrogens with zero attached hydrogens (tertiary/aromatic N) is 1. The average molecular weight is 492 g/mol. The predicted octanol–water partition coefficient (Wildman–Crippen LogP) is 6.29. The van der Waals surface area contributed by atoms with Crippen molar-refractivity contribution in [3.05, 3.63) is 83.0 Å². The Morgan fingerprint density at radius 2 is 1.58 bits per heavy atom. The van der Waals surface area contributed by atoms with Gasteiger partial charge in [-0.05, 0) is 54.5 Å². The monoisotopic (exact) mass is 491 g/mol. The lowest BCUT2D eigenvalue weighted by atomic mass is 10.1. The molecule has 0 aliphatic carbocycles. The van der Waals surface area contributed by atoms with Crippen LogP contribution >= 0.6 is 0 Å². The lowest BCUT2D eigenvalue weighted by Crippen LogP contribution is -2.26. The molecule has 6 heteroatoms. The molecule has 0 radical (unpaired) electrons. The van der Waals surface area contributed by atoms with Gasteiger partial charge in [-0.1, -0.05) is 49.7 Å². The molecule has 192 valence electrons. The highest BCUT2D eigenvalue weighted by Gasteiger charge is 2.15. The third-order valence-corrected chi connectivity index (χ3v) is 6.16. The minimum Gasteiger partial charge on any atom is -0.497 e. The quantitative estimate of drug-likeness (QED) is 0.280. The summed E-state index contributed by atoms with van der Waals surface area (Å²) in [5.41, 5.74) is 4.32. The van der Waals surface area contributed by atoms with Crippen LogP contribution in [-0.2, 0) is 35.7 Å². The summed E-state index contributed by atoms with van der Waals surface area (Å²) in [6.45, 7) is 4.80. The molecule has 1 aliphatic heterocycles. The number of hydrogen-bond donors (Lipinski definition) is 0. The van der Waals surface area contributed by atoms with Gasteiger partial charge in [-0.15, -0.1) is 0 Å². The van der Waals surface area contributed by atoms with Crippen LogP contribution in [0.25, 0.3) is 0 Å². The van der Waals surface area contributed by atoms with Gasteiger partial charge in [0, 0.05) is 18.7 Å². The number of hydrogen-bond acceptors (Lipinski definition) is 6. The van der Waals surface area contributed by atoms with Gasteiger partial charge in [0.25, 0.3) is 0 Å². The molecule has 0 amide bonds. The maximum atomic E-state index is 6.09. The van der Waals surface area contributed by atoms with Crippen molar-refractivity contribution in [1.82, 2.24) is 4.98 Å². The Hall–Kier alpha value is -3.09. The van der Waals surface area contributed by atoms with Crippen LogP contribution in [0.15, 0.2) is 60.7 Å². The highest BCUT2D eigenvalue weighted by molar-refractivity contribution is 5.32. The van der Waals surface area contributed by atoms with Gasteiger partial charge in [-0.25, -0.2) is 4.98 Å². The van der Waals surface area contributed by atoms with Crippen molar-refractivity contribution in [2.24, 2.45) is 0 Å². The highest BCUT2D eigenvalue weighted by atomic mass is 16.5. The number of pyridine rings is 1. The van der Waals surface area contributed by atoms with Gasteiger partial charge in [-0.3, -0.25) is 0 Å². The largest absolute Gasteiger partial charge is 0.497 e. The fourth-order valence-corrected chi connectivity index (χ4v) is 4.13. The van der Waals surface area contributed by atoms with Crippen LogP contribution in [0.4, 0.5) is 0 Å². The van der Waals surface area contributed by atoms with Gasteiger partial charge in [-0.2, -0.15) is 0 Å². The summed E-state index contributed by atoms with van der Waals surface area (Å²) in [7, 11) is 1.66. The normalized spacial score (nSPS) is 15.4. The fourth-order valence-electron chi connectivity index (χ4n) is 4.13. The average Bonchev–Trinajstić information content (AvgIpc) is 2.93. The van der Waals surface area contributed by atoms with Crippen LogP contribution in [0.5, 0.6) is 17.4 Å². The Labute approximate surface area is 214 Å². The molecule has 4 rings (SSSR count). The molecule has 3 aromatic rings.